The lowest BCUT2D eigenvalue weighted by Gasteiger charge is -2.47. The third-order valence-electron chi connectivity index (χ3n) is 6.68. The van der Waals surface area contributed by atoms with Crippen LogP contribution in [-0.4, -0.2) is 69.4 Å². The summed E-state index contributed by atoms with van der Waals surface area (Å²) in [6, 6.07) is 0.391. The summed E-state index contributed by atoms with van der Waals surface area (Å²) in [6.07, 6.45) is 8.40. The summed E-state index contributed by atoms with van der Waals surface area (Å²) in [6.45, 7) is 9.92. The summed E-state index contributed by atoms with van der Waals surface area (Å²) < 4.78 is 7.93. The molecule has 1 atom stereocenters. The van der Waals surface area contributed by atoms with Crippen LogP contribution >= 0.6 is 0 Å². The fourth-order valence-electron chi connectivity index (χ4n) is 4.91. The van der Waals surface area contributed by atoms with Gasteiger partial charge in [-0.05, 0) is 64.5 Å². The second-order valence-electron chi connectivity index (χ2n) is 8.93. The summed E-state index contributed by atoms with van der Waals surface area (Å²) in [5, 5.41) is 8.41. The molecule has 0 unspecified atom stereocenters. The molecule has 0 aromatic carbocycles. The number of piperidine rings is 2. The van der Waals surface area contributed by atoms with Crippen molar-refractivity contribution >= 4 is 5.91 Å². The lowest BCUT2D eigenvalue weighted by Crippen LogP contribution is -2.52. The van der Waals surface area contributed by atoms with E-state index in [1.54, 1.807) is 0 Å². The van der Waals surface area contributed by atoms with Gasteiger partial charge in [0.25, 0.3) is 0 Å². The minimum atomic E-state index is 0.256. The first-order valence-corrected chi connectivity index (χ1v) is 10.5. The molecular weight excluding hydrogens is 342 g/mol. The first-order chi connectivity index (χ1) is 13.0. The van der Waals surface area contributed by atoms with Crippen molar-refractivity contribution in [2.24, 2.45) is 5.41 Å². The summed E-state index contributed by atoms with van der Waals surface area (Å²) in [5.41, 5.74) is 0.300. The number of carbonyl (C=O) groups excluding carboxylic acids is 1. The Morgan fingerprint density at radius 2 is 2.11 bits per heavy atom. The average Bonchev–Trinajstić information content (AvgIpc) is 3.32. The van der Waals surface area contributed by atoms with Gasteiger partial charge in [0.05, 0.1) is 12.6 Å². The molecule has 1 spiro atoms. The van der Waals surface area contributed by atoms with Gasteiger partial charge >= 0.3 is 0 Å². The average molecular weight is 376 g/mol. The molecule has 0 aliphatic carbocycles. The van der Waals surface area contributed by atoms with Gasteiger partial charge < -0.3 is 14.2 Å². The van der Waals surface area contributed by atoms with Crippen LogP contribution in [0.15, 0.2) is 6.33 Å². The largest absolute Gasteiger partial charge is 0.376 e. The molecule has 0 radical (unpaired) electrons. The third kappa shape index (κ3) is 4.19. The molecule has 7 heteroatoms. The van der Waals surface area contributed by atoms with Crippen molar-refractivity contribution in [3.8, 4) is 0 Å². The monoisotopic (exact) mass is 375 g/mol. The smallest absolute Gasteiger partial charge is 0.222 e. The van der Waals surface area contributed by atoms with Crippen LogP contribution in [0, 0.1) is 5.41 Å². The third-order valence-corrected chi connectivity index (χ3v) is 6.68. The number of hydrogen-bond acceptors (Lipinski definition) is 5. The van der Waals surface area contributed by atoms with E-state index >= 15 is 0 Å². The van der Waals surface area contributed by atoms with Crippen LogP contribution < -0.4 is 0 Å². The van der Waals surface area contributed by atoms with E-state index in [9.17, 15) is 4.79 Å². The number of rotatable bonds is 5. The molecular formula is C20H33N5O2. The molecule has 3 saturated heterocycles. The molecule has 0 bridgehead atoms. The maximum absolute atomic E-state index is 12.4. The number of likely N-dealkylation sites (tertiary alicyclic amines) is 2. The number of nitrogens with zero attached hydrogens (tertiary/aromatic N) is 5. The Labute approximate surface area is 162 Å². The van der Waals surface area contributed by atoms with Gasteiger partial charge in [0.1, 0.15) is 12.2 Å². The van der Waals surface area contributed by atoms with E-state index < -0.39 is 0 Å². The molecule has 1 amide bonds. The van der Waals surface area contributed by atoms with Crippen molar-refractivity contribution in [1.29, 1.82) is 0 Å². The zero-order chi connectivity index (χ0) is 18.9. The van der Waals surface area contributed by atoms with E-state index in [0.717, 1.165) is 77.3 Å². The van der Waals surface area contributed by atoms with Crippen molar-refractivity contribution in [3.63, 3.8) is 0 Å². The molecule has 1 aromatic heterocycles. The van der Waals surface area contributed by atoms with Gasteiger partial charge in [0.2, 0.25) is 5.91 Å². The number of ether oxygens (including phenoxy) is 1. The number of aromatic nitrogens is 3. The fourth-order valence-corrected chi connectivity index (χ4v) is 4.91. The highest BCUT2D eigenvalue weighted by molar-refractivity contribution is 5.77. The summed E-state index contributed by atoms with van der Waals surface area (Å²) in [4.78, 5) is 17.0. The van der Waals surface area contributed by atoms with Gasteiger partial charge in [-0.15, -0.1) is 10.2 Å². The van der Waals surface area contributed by atoms with Crippen molar-refractivity contribution < 1.29 is 9.53 Å². The lowest BCUT2D eigenvalue weighted by atomic mass is 9.72. The van der Waals surface area contributed by atoms with E-state index in [4.69, 9.17) is 4.74 Å². The van der Waals surface area contributed by atoms with Crippen LogP contribution in [-0.2, 0) is 16.1 Å². The van der Waals surface area contributed by atoms with Crippen LogP contribution in [0.1, 0.15) is 64.2 Å². The Morgan fingerprint density at radius 3 is 2.81 bits per heavy atom. The van der Waals surface area contributed by atoms with E-state index in [2.05, 4.69) is 38.4 Å². The van der Waals surface area contributed by atoms with Crippen LogP contribution in [0.2, 0.25) is 0 Å². The maximum Gasteiger partial charge on any atom is 0.222 e. The van der Waals surface area contributed by atoms with Crippen LogP contribution in [0.3, 0.4) is 0 Å². The molecule has 1 aromatic rings. The predicted molar refractivity (Wildman–Crippen MR) is 102 cm³/mol. The normalized spacial score (nSPS) is 26.4. The quantitative estimate of drug-likeness (QED) is 0.790. The Bertz CT molecular complexity index is 645. The second-order valence-corrected chi connectivity index (χ2v) is 8.93. The molecule has 0 saturated carbocycles. The summed E-state index contributed by atoms with van der Waals surface area (Å²) in [7, 11) is 0. The zero-order valence-corrected chi connectivity index (χ0v) is 16.8. The molecule has 27 heavy (non-hydrogen) atoms. The van der Waals surface area contributed by atoms with Crippen LogP contribution in [0.5, 0.6) is 0 Å². The minimum Gasteiger partial charge on any atom is -0.376 e. The van der Waals surface area contributed by atoms with E-state index in [1.807, 2.05) is 6.33 Å². The van der Waals surface area contributed by atoms with E-state index in [-0.39, 0.29) is 6.10 Å². The highest BCUT2D eigenvalue weighted by atomic mass is 16.5. The molecule has 3 fully saturated rings. The topological polar surface area (TPSA) is 63.5 Å². The lowest BCUT2D eigenvalue weighted by molar-refractivity contribution is -0.141. The first-order valence-electron chi connectivity index (χ1n) is 10.5. The summed E-state index contributed by atoms with van der Waals surface area (Å²) in [5.74, 6) is 1.38. The predicted octanol–water partition coefficient (Wildman–Crippen LogP) is 2.24. The first kappa shape index (κ1) is 18.9. The molecule has 150 valence electrons. The van der Waals surface area contributed by atoms with Crippen molar-refractivity contribution in [2.75, 3.05) is 32.8 Å². The molecule has 3 aliphatic heterocycles. The molecule has 4 rings (SSSR count). The standard InChI is InChI=1S/C20H33N5O2/c1-16(2)25-15-21-22-18(25)13-23-9-7-20(8-10-23)6-5-19(26)24(14-20)12-17-4-3-11-27-17/h15-17H,3-14H2,1-2H3/t17-/m0/s1. The Hall–Kier alpha value is -1.47. The van der Waals surface area contributed by atoms with Crippen molar-refractivity contribution in [3.05, 3.63) is 12.2 Å². The van der Waals surface area contributed by atoms with Gasteiger partial charge in [-0.3, -0.25) is 9.69 Å². The fraction of sp³-hybridized carbons (Fsp3) is 0.850. The molecule has 0 N–H and O–H groups in total. The van der Waals surface area contributed by atoms with E-state index in [1.165, 1.54) is 0 Å². The Morgan fingerprint density at radius 1 is 1.30 bits per heavy atom. The van der Waals surface area contributed by atoms with Gasteiger partial charge in [-0.1, -0.05) is 0 Å². The Kier molecular flexibility index (Phi) is 5.50. The van der Waals surface area contributed by atoms with Crippen molar-refractivity contribution in [1.82, 2.24) is 24.6 Å². The minimum absolute atomic E-state index is 0.256. The zero-order valence-electron chi connectivity index (χ0n) is 16.8. The highest BCUT2D eigenvalue weighted by Gasteiger charge is 2.41. The molecule has 3 aliphatic rings. The number of hydrogen-bond donors (Lipinski definition) is 0. The Balaban J connectivity index is 1.33. The summed E-state index contributed by atoms with van der Waals surface area (Å²) >= 11 is 0. The number of carbonyl (C=O) groups is 1. The SMILES string of the molecule is CC(C)n1cnnc1CN1CCC2(CCC(=O)N(C[C@@H]3CCCO3)C2)CC1. The van der Waals surface area contributed by atoms with Gasteiger partial charge in [0.15, 0.2) is 0 Å². The van der Waals surface area contributed by atoms with Crippen LogP contribution in [0.4, 0.5) is 0 Å². The van der Waals surface area contributed by atoms with Crippen molar-refractivity contribution in [2.45, 2.75) is 71.1 Å². The van der Waals surface area contributed by atoms with Gasteiger partial charge in [-0.25, -0.2) is 0 Å². The maximum atomic E-state index is 12.4. The molecule has 7 nitrogen and oxygen atoms in total. The highest BCUT2D eigenvalue weighted by Crippen LogP contribution is 2.40. The van der Waals surface area contributed by atoms with Gasteiger partial charge in [0, 0.05) is 32.2 Å². The van der Waals surface area contributed by atoms with Gasteiger partial charge in [-0.2, -0.15) is 0 Å². The molecule has 4 heterocycles. The number of amides is 1. The second kappa shape index (κ2) is 7.87. The van der Waals surface area contributed by atoms with Crippen LogP contribution in [0.25, 0.3) is 0 Å². The van der Waals surface area contributed by atoms with E-state index in [0.29, 0.717) is 23.8 Å².